The Hall–Kier alpha value is -3.03. The highest BCUT2D eigenvalue weighted by molar-refractivity contribution is 5.98. The maximum Gasteiger partial charge on any atom is 0.418 e. The summed E-state index contributed by atoms with van der Waals surface area (Å²) in [7, 11) is 1.22. The number of halogens is 3. The monoisotopic (exact) mass is 352 g/mol. The highest BCUT2D eigenvalue weighted by atomic mass is 19.4. The molecule has 8 heteroatoms. The number of amides is 1. The van der Waals surface area contributed by atoms with Gasteiger partial charge in [0.1, 0.15) is 0 Å². The first-order valence-electron chi connectivity index (χ1n) is 7.20. The van der Waals surface area contributed by atoms with Gasteiger partial charge in [-0.3, -0.25) is 4.79 Å². The van der Waals surface area contributed by atoms with Gasteiger partial charge >= 0.3 is 12.1 Å². The standard InChI is InChI=1S/C17H15F3N2O3/c1-25-16(24)11-6-2-4-8-13(11)21-10-15(23)22-14-9-5-3-7-12(14)17(18,19)20/h2-9,21H,10H2,1H3,(H,22,23). The van der Waals surface area contributed by atoms with Crippen LogP contribution in [0, 0.1) is 0 Å². The smallest absolute Gasteiger partial charge is 0.418 e. The van der Waals surface area contributed by atoms with Crippen LogP contribution < -0.4 is 10.6 Å². The quantitative estimate of drug-likeness (QED) is 0.808. The number of para-hydroxylation sites is 2. The summed E-state index contributed by atoms with van der Waals surface area (Å²) in [4.78, 5) is 23.6. The van der Waals surface area contributed by atoms with E-state index in [0.717, 1.165) is 6.07 Å². The Labute approximate surface area is 141 Å². The zero-order chi connectivity index (χ0) is 18.4. The van der Waals surface area contributed by atoms with Crippen molar-refractivity contribution in [3.8, 4) is 0 Å². The number of hydrogen-bond donors (Lipinski definition) is 2. The Morgan fingerprint density at radius 3 is 2.24 bits per heavy atom. The fourth-order valence-electron chi connectivity index (χ4n) is 2.13. The van der Waals surface area contributed by atoms with Gasteiger partial charge in [0.25, 0.3) is 0 Å². The second-order valence-electron chi connectivity index (χ2n) is 4.98. The molecular formula is C17H15F3N2O3. The Morgan fingerprint density at radius 2 is 1.60 bits per heavy atom. The van der Waals surface area contributed by atoms with Crippen LogP contribution in [0.1, 0.15) is 15.9 Å². The summed E-state index contributed by atoms with van der Waals surface area (Å²) in [5, 5.41) is 4.92. The van der Waals surface area contributed by atoms with E-state index in [4.69, 9.17) is 0 Å². The number of ether oxygens (including phenoxy) is 1. The molecule has 0 radical (unpaired) electrons. The van der Waals surface area contributed by atoms with Gasteiger partial charge in [0.2, 0.25) is 5.91 Å². The predicted octanol–water partition coefficient (Wildman–Crippen LogP) is 3.54. The van der Waals surface area contributed by atoms with Crippen LogP contribution in [0.15, 0.2) is 48.5 Å². The molecule has 1 amide bonds. The van der Waals surface area contributed by atoms with Crippen molar-refractivity contribution in [1.82, 2.24) is 0 Å². The maximum absolute atomic E-state index is 12.9. The van der Waals surface area contributed by atoms with Gasteiger partial charge in [0.05, 0.1) is 30.5 Å². The first-order valence-corrected chi connectivity index (χ1v) is 7.20. The van der Waals surface area contributed by atoms with E-state index < -0.39 is 23.6 Å². The van der Waals surface area contributed by atoms with Gasteiger partial charge in [-0.05, 0) is 24.3 Å². The van der Waals surface area contributed by atoms with Gasteiger partial charge in [0, 0.05) is 5.69 Å². The van der Waals surface area contributed by atoms with Crippen molar-refractivity contribution in [2.24, 2.45) is 0 Å². The lowest BCUT2D eigenvalue weighted by atomic mass is 10.1. The van der Waals surface area contributed by atoms with E-state index in [1.807, 2.05) is 0 Å². The molecule has 0 aromatic heterocycles. The number of alkyl halides is 3. The molecule has 0 aliphatic carbocycles. The zero-order valence-electron chi connectivity index (χ0n) is 13.2. The minimum absolute atomic E-state index is 0.216. The molecule has 2 N–H and O–H groups in total. The summed E-state index contributed by atoms with van der Waals surface area (Å²) >= 11 is 0. The number of methoxy groups -OCH3 is 1. The molecule has 0 atom stereocenters. The molecule has 25 heavy (non-hydrogen) atoms. The van der Waals surface area contributed by atoms with Crippen LogP contribution in [0.25, 0.3) is 0 Å². The van der Waals surface area contributed by atoms with Crippen LogP contribution in [-0.2, 0) is 15.7 Å². The molecule has 0 aliphatic rings. The van der Waals surface area contributed by atoms with Gasteiger partial charge in [-0.1, -0.05) is 24.3 Å². The number of carbonyl (C=O) groups excluding carboxylic acids is 2. The molecule has 0 fully saturated rings. The van der Waals surface area contributed by atoms with Crippen LogP contribution in [0.3, 0.4) is 0 Å². The predicted molar refractivity (Wildman–Crippen MR) is 86.3 cm³/mol. The topological polar surface area (TPSA) is 67.4 Å². The molecule has 0 bridgehead atoms. The lowest BCUT2D eigenvalue weighted by Gasteiger charge is -2.14. The lowest BCUT2D eigenvalue weighted by Crippen LogP contribution is -2.24. The number of carbonyl (C=O) groups is 2. The van der Waals surface area contributed by atoms with Crippen molar-refractivity contribution in [2.45, 2.75) is 6.18 Å². The minimum Gasteiger partial charge on any atom is -0.465 e. The van der Waals surface area contributed by atoms with Crippen molar-refractivity contribution in [1.29, 1.82) is 0 Å². The molecule has 0 heterocycles. The van der Waals surface area contributed by atoms with Gasteiger partial charge in [-0.2, -0.15) is 13.2 Å². The second kappa shape index (κ2) is 7.69. The molecule has 0 spiro atoms. The maximum atomic E-state index is 12.9. The van der Waals surface area contributed by atoms with Crippen LogP contribution >= 0.6 is 0 Å². The SMILES string of the molecule is COC(=O)c1ccccc1NCC(=O)Nc1ccccc1C(F)(F)F. The summed E-state index contributed by atoms with van der Waals surface area (Å²) < 4.78 is 43.4. The van der Waals surface area contributed by atoms with E-state index in [0.29, 0.717) is 5.69 Å². The molecule has 0 saturated carbocycles. The molecule has 0 unspecified atom stereocenters. The van der Waals surface area contributed by atoms with E-state index in [-0.39, 0.29) is 17.8 Å². The average molecular weight is 352 g/mol. The van der Waals surface area contributed by atoms with Crippen molar-refractivity contribution in [3.05, 3.63) is 59.7 Å². The first kappa shape index (κ1) is 18.3. The van der Waals surface area contributed by atoms with Gasteiger partial charge < -0.3 is 15.4 Å². The number of hydrogen-bond acceptors (Lipinski definition) is 4. The molecular weight excluding hydrogens is 337 g/mol. The van der Waals surface area contributed by atoms with Crippen LogP contribution in [0.2, 0.25) is 0 Å². The third-order valence-electron chi connectivity index (χ3n) is 3.28. The number of rotatable bonds is 5. The molecule has 132 valence electrons. The summed E-state index contributed by atoms with van der Waals surface area (Å²) in [6.45, 7) is -0.319. The van der Waals surface area contributed by atoms with Crippen molar-refractivity contribution < 1.29 is 27.5 Å². The zero-order valence-corrected chi connectivity index (χ0v) is 13.2. The third-order valence-corrected chi connectivity index (χ3v) is 3.28. The number of esters is 1. The summed E-state index contributed by atoms with van der Waals surface area (Å²) in [6.07, 6.45) is -4.57. The van der Waals surface area contributed by atoms with Crippen LogP contribution in [-0.4, -0.2) is 25.5 Å². The van der Waals surface area contributed by atoms with E-state index in [1.165, 1.54) is 31.4 Å². The molecule has 2 rings (SSSR count). The minimum atomic E-state index is -4.57. The average Bonchev–Trinajstić information content (AvgIpc) is 2.59. The van der Waals surface area contributed by atoms with E-state index in [9.17, 15) is 22.8 Å². The first-order chi connectivity index (χ1) is 11.8. The van der Waals surface area contributed by atoms with Crippen molar-refractivity contribution >= 4 is 23.3 Å². The summed E-state index contributed by atoms with van der Waals surface area (Å²) in [6, 6.07) is 11.0. The molecule has 2 aromatic carbocycles. The van der Waals surface area contributed by atoms with E-state index in [2.05, 4.69) is 15.4 Å². The number of anilines is 2. The molecule has 5 nitrogen and oxygen atoms in total. The van der Waals surface area contributed by atoms with Gasteiger partial charge in [-0.15, -0.1) is 0 Å². The van der Waals surface area contributed by atoms with Gasteiger partial charge in [-0.25, -0.2) is 4.79 Å². The van der Waals surface area contributed by atoms with Crippen molar-refractivity contribution in [3.63, 3.8) is 0 Å². The van der Waals surface area contributed by atoms with Crippen LogP contribution in [0.5, 0.6) is 0 Å². The van der Waals surface area contributed by atoms with Gasteiger partial charge in [0.15, 0.2) is 0 Å². The Morgan fingerprint density at radius 1 is 1.00 bits per heavy atom. The largest absolute Gasteiger partial charge is 0.465 e. The highest BCUT2D eigenvalue weighted by Crippen LogP contribution is 2.34. The lowest BCUT2D eigenvalue weighted by molar-refractivity contribution is -0.137. The van der Waals surface area contributed by atoms with E-state index in [1.54, 1.807) is 18.2 Å². The molecule has 2 aromatic rings. The Balaban J connectivity index is 2.07. The third kappa shape index (κ3) is 4.72. The number of benzene rings is 2. The fraction of sp³-hybridized carbons (Fsp3) is 0.176. The number of nitrogens with one attached hydrogen (secondary N) is 2. The van der Waals surface area contributed by atoms with Crippen LogP contribution in [0.4, 0.5) is 24.5 Å². The fourth-order valence-corrected chi connectivity index (χ4v) is 2.13. The molecule has 0 aliphatic heterocycles. The summed E-state index contributed by atoms with van der Waals surface area (Å²) in [5.74, 6) is -1.28. The van der Waals surface area contributed by atoms with Crippen molar-refractivity contribution in [2.75, 3.05) is 24.3 Å². The Kier molecular flexibility index (Phi) is 5.63. The normalized spacial score (nSPS) is 10.9. The molecule has 0 saturated heterocycles. The summed E-state index contributed by atoms with van der Waals surface area (Å²) in [5.41, 5.74) is -0.705. The highest BCUT2D eigenvalue weighted by Gasteiger charge is 2.33. The van der Waals surface area contributed by atoms with E-state index >= 15 is 0 Å². The second-order valence-corrected chi connectivity index (χ2v) is 4.98. The Bertz CT molecular complexity index is 776.